The van der Waals surface area contributed by atoms with Crippen LogP contribution in [0.15, 0.2) is 54.6 Å². The number of carbonyl (C=O) groups is 2. The van der Waals surface area contributed by atoms with E-state index in [9.17, 15) is 9.59 Å². The number of aromatic nitrogens is 2. The Morgan fingerprint density at radius 2 is 1.81 bits per heavy atom. The summed E-state index contributed by atoms with van der Waals surface area (Å²) in [6, 6.07) is 17.0. The first-order valence-electron chi connectivity index (χ1n) is 12.1. The Kier molecular flexibility index (Phi) is 7.59. The normalized spacial score (nSPS) is 16.3. The number of para-hydroxylation sites is 1. The molecule has 1 aliphatic carbocycles. The first kappa shape index (κ1) is 24.9. The number of rotatable bonds is 8. The molecule has 1 fully saturated rings. The van der Waals surface area contributed by atoms with Crippen molar-refractivity contribution < 1.29 is 14.3 Å². The molecule has 0 aliphatic heterocycles. The van der Waals surface area contributed by atoms with E-state index in [4.69, 9.17) is 15.6 Å². The average Bonchev–Trinajstić information content (AvgIpc) is 3.20. The maximum absolute atomic E-state index is 12.7. The molecular weight excluding hydrogens is 454 g/mol. The lowest BCUT2D eigenvalue weighted by Gasteiger charge is -2.38. The van der Waals surface area contributed by atoms with E-state index in [0.29, 0.717) is 41.8 Å². The van der Waals surface area contributed by atoms with Crippen molar-refractivity contribution in [3.05, 3.63) is 60.2 Å². The molecule has 0 unspecified atom stereocenters. The number of nitrogens with one attached hydrogen (secondary N) is 1. The van der Waals surface area contributed by atoms with E-state index in [2.05, 4.69) is 17.2 Å². The fourth-order valence-corrected chi connectivity index (χ4v) is 4.48. The third-order valence-electron chi connectivity index (χ3n) is 6.44. The third kappa shape index (κ3) is 5.20. The van der Waals surface area contributed by atoms with Crippen molar-refractivity contribution in [2.24, 2.45) is 5.92 Å². The minimum absolute atomic E-state index is 0.0684. The van der Waals surface area contributed by atoms with Gasteiger partial charge in [0.05, 0.1) is 6.04 Å². The molecule has 186 valence electrons. The number of hydrogen-bond acceptors (Lipinski definition) is 5. The van der Waals surface area contributed by atoms with Crippen LogP contribution in [0, 0.1) is 17.8 Å². The van der Waals surface area contributed by atoms with E-state index < -0.39 is 0 Å². The van der Waals surface area contributed by atoms with E-state index >= 15 is 0 Å². The van der Waals surface area contributed by atoms with Crippen molar-refractivity contribution in [3.8, 4) is 34.6 Å². The Hall–Kier alpha value is -4.25. The second-order valence-electron chi connectivity index (χ2n) is 8.78. The van der Waals surface area contributed by atoms with E-state index in [1.54, 1.807) is 23.6 Å². The predicted octanol–water partition coefficient (Wildman–Crippen LogP) is 4.11. The van der Waals surface area contributed by atoms with Crippen LogP contribution in [0.4, 0.5) is 5.82 Å². The number of nitrogens with two attached hydrogens (primary N) is 1. The highest BCUT2D eigenvalue weighted by Crippen LogP contribution is 2.41. The molecule has 2 aromatic carbocycles. The van der Waals surface area contributed by atoms with Gasteiger partial charge in [-0.1, -0.05) is 24.1 Å². The lowest BCUT2D eigenvalue weighted by Crippen LogP contribution is -2.40. The molecule has 1 aliphatic rings. The molecule has 0 radical (unpaired) electrons. The molecule has 0 atom stereocenters. The molecule has 0 saturated heterocycles. The van der Waals surface area contributed by atoms with Gasteiger partial charge in [0.1, 0.15) is 28.6 Å². The summed E-state index contributed by atoms with van der Waals surface area (Å²) in [5.74, 6) is 6.97. The van der Waals surface area contributed by atoms with Crippen LogP contribution in [0.3, 0.4) is 0 Å². The molecule has 0 spiro atoms. The molecule has 3 aromatic rings. The van der Waals surface area contributed by atoms with E-state index in [1.807, 2.05) is 61.5 Å². The van der Waals surface area contributed by atoms with Crippen LogP contribution >= 0.6 is 0 Å². The minimum atomic E-state index is -0.282. The highest BCUT2D eigenvalue weighted by molar-refractivity contribution is 6.04. The molecule has 1 aromatic heterocycles. The Morgan fingerprint density at radius 3 is 2.42 bits per heavy atom. The van der Waals surface area contributed by atoms with E-state index in [1.165, 1.54) is 0 Å². The summed E-state index contributed by atoms with van der Waals surface area (Å²) >= 11 is 0. The smallest absolute Gasteiger partial charge is 0.298 e. The molecule has 1 heterocycles. The number of nitrogen functional groups attached to an aromatic ring is 1. The molecule has 3 N–H and O–H groups in total. The van der Waals surface area contributed by atoms with Gasteiger partial charge in [0.2, 0.25) is 0 Å². The lowest BCUT2D eigenvalue weighted by molar-refractivity contribution is -0.126. The van der Waals surface area contributed by atoms with Crippen LogP contribution in [0.25, 0.3) is 11.3 Å². The minimum Gasteiger partial charge on any atom is -0.457 e. The zero-order valence-corrected chi connectivity index (χ0v) is 20.8. The summed E-state index contributed by atoms with van der Waals surface area (Å²) in [6.07, 6.45) is 1.65. The summed E-state index contributed by atoms with van der Waals surface area (Å²) in [4.78, 5) is 26.7. The largest absolute Gasteiger partial charge is 0.457 e. The fourth-order valence-electron chi connectivity index (χ4n) is 4.48. The van der Waals surface area contributed by atoms with Crippen molar-refractivity contribution >= 4 is 17.6 Å². The van der Waals surface area contributed by atoms with Crippen molar-refractivity contribution in [1.82, 2.24) is 20.0 Å². The maximum atomic E-state index is 12.7. The standard InChI is InChI=1S/C28H31N5O3/c1-4-9-24(34)32(5-2)18-19-16-21(17-19)33-27(29)25(28(35)30-3)26(31-33)20-12-14-23(15-13-20)36-22-10-7-6-8-11-22/h6-8,10-15,19,21H,5,16-18,29H2,1-3H3,(H,30,35). The number of anilines is 1. The van der Waals surface area contributed by atoms with Gasteiger partial charge in [0.15, 0.2) is 0 Å². The number of ether oxygens (including phenoxy) is 1. The fraction of sp³-hybridized carbons (Fsp3) is 0.321. The monoisotopic (exact) mass is 485 g/mol. The van der Waals surface area contributed by atoms with Gasteiger partial charge in [-0.25, -0.2) is 4.68 Å². The molecule has 0 bridgehead atoms. The molecule has 36 heavy (non-hydrogen) atoms. The van der Waals surface area contributed by atoms with Gasteiger partial charge in [-0.3, -0.25) is 9.59 Å². The lowest BCUT2D eigenvalue weighted by atomic mass is 9.80. The maximum Gasteiger partial charge on any atom is 0.298 e. The molecule has 4 rings (SSSR count). The topological polar surface area (TPSA) is 102 Å². The van der Waals surface area contributed by atoms with Gasteiger partial charge < -0.3 is 20.7 Å². The first-order chi connectivity index (χ1) is 17.4. The summed E-state index contributed by atoms with van der Waals surface area (Å²) in [6.45, 7) is 4.89. The number of benzene rings is 2. The highest BCUT2D eigenvalue weighted by atomic mass is 16.5. The third-order valence-corrected chi connectivity index (χ3v) is 6.44. The van der Waals surface area contributed by atoms with Gasteiger partial charge in [-0.15, -0.1) is 0 Å². The summed E-state index contributed by atoms with van der Waals surface area (Å²) in [7, 11) is 1.58. The van der Waals surface area contributed by atoms with Gasteiger partial charge in [0, 0.05) is 25.7 Å². The second kappa shape index (κ2) is 11.0. The van der Waals surface area contributed by atoms with E-state index in [-0.39, 0.29) is 17.9 Å². The zero-order valence-electron chi connectivity index (χ0n) is 20.8. The summed E-state index contributed by atoms with van der Waals surface area (Å²) in [5.41, 5.74) is 8.12. The Labute approximate surface area is 211 Å². The Morgan fingerprint density at radius 1 is 1.14 bits per heavy atom. The first-order valence-corrected chi connectivity index (χ1v) is 12.1. The SMILES string of the molecule is CC#CC(=O)N(CC)CC1CC(n2nc(-c3ccc(Oc4ccccc4)cc3)c(C(=O)NC)c2N)C1. The molecule has 8 nitrogen and oxygen atoms in total. The molecular formula is C28H31N5O3. The van der Waals surface area contributed by atoms with Crippen LogP contribution in [-0.4, -0.2) is 46.6 Å². The van der Waals surface area contributed by atoms with Crippen LogP contribution in [-0.2, 0) is 4.79 Å². The van der Waals surface area contributed by atoms with Crippen molar-refractivity contribution in [2.75, 3.05) is 25.9 Å². The number of carbonyl (C=O) groups excluding carboxylic acids is 2. The van der Waals surface area contributed by atoms with Crippen LogP contribution < -0.4 is 15.8 Å². The Bertz CT molecular complexity index is 1280. The molecule has 2 amide bonds. The number of amides is 2. The van der Waals surface area contributed by atoms with Gasteiger partial charge in [-0.2, -0.15) is 5.10 Å². The van der Waals surface area contributed by atoms with Crippen molar-refractivity contribution in [1.29, 1.82) is 0 Å². The highest BCUT2D eigenvalue weighted by Gasteiger charge is 2.36. The van der Waals surface area contributed by atoms with Crippen LogP contribution in [0.5, 0.6) is 11.5 Å². The molecule has 8 heteroatoms. The molecule has 1 saturated carbocycles. The van der Waals surface area contributed by atoms with Gasteiger partial charge in [0.25, 0.3) is 11.8 Å². The average molecular weight is 486 g/mol. The van der Waals surface area contributed by atoms with Gasteiger partial charge in [-0.05, 0) is 74.9 Å². The Balaban J connectivity index is 1.52. The van der Waals surface area contributed by atoms with Gasteiger partial charge >= 0.3 is 0 Å². The van der Waals surface area contributed by atoms with Crippen LogP contribution in [0.1, 0.15) is 43.1 Å². The number of nitrogens with zero attached hydrogens (tertiary/aromatic N) is 3. The quantitative estimate of drug-likeness (QED) is 0.468. The number of hydrogen-bond donors (Lipinski definition) is 2. The summed E-state index contributed by atoms with van der Waals surface area (Å²) in [5, 5.41) is 7.45. The van der Waals surface area contributed by atoms with Crippen molar-refractivity contribution in [3.63, 3.8) is 0 Å². The summed E-state index contributed by atoms with van der Waals surface area (Å²) < 4.78 is 7.64. The van der Waals surface area contributed by atoms with E-state index in [0.717, 1.165) is 24.2 Å². The predicted molar refractivity (Wildman–Crippen MR) is 139 cm³/mol. The van der Waals surface area contributed by atoms with Crippen molar-refractivity contribution in [2.45, 2.75) is 32.7 Å². The second-order valence-corrected chi connectivity index (χ2v) is 8.78. The zero-order chi connectivity index (χ0) is 25.7. The van der Waals surface area contributed by atoms with Crippen LogP contribution in [0.2, 0.25) is 0 Å².